The smallest absolute Gasteiger partial charge is 0.230 e. The standard InChI is InChI=1S/C11H15ClN4OS/c1-6(2)16-8(17)5-18-11-9(12)7(10(13)14)3-4-15-11/h3-4,6H,5H2,1-2H3,(H3,13,14)(H,16,17). The first-order chi connectivity index (χ1) is 8.41. The first kappa shape index (κ1) is 14.8. The first-order valence-electron chi connectivity index (χ1n) is 5.33. The summed E-state index contributed by atoms with van der Waals surface area (Å²) in [5.74, 6) is 0.0312. The zero-order valence-electron chi connectivity index (χ0n) is 10.2. The summed E-state index contributed by atoms with van der Waals surface area (Å²) >= 11 is 7.28. The molecule has 0 spiro atoms. The zero-order chi connectivity index (χ0) is 13.7. The van der Waals surface area contributed by atoms with Crippen LogP contribution in [-0.2, 0) is 4.79 Å². The van der Waals surface area contributed by atoms with Crippen molar-refractivity contribution in [1.29, 1.82) is 5.41 Å². The van der Waals surface area contributed by atoms with Gasteiger partial charge < -0.3 is 11.1 Å². The molecule has 1 rings (SSSR count). The van der Waals surface area contributed by atoms with Crippen LogP contribution in [0.25, 0.3) is 0 Å². The van der Waals surface area contributed by atoms with Crippen LogP contribution in [-0.4, -0.2) is 28.5 Å². The number of halogens is 1. The fourth-order valence-corrected chi connectivity index (χ4v) is 2.33. The van der Waals surface area contributed by atoms with Crippen molar-refractivity contribution >= 4 is 35.1 Å². The van der Waals surface area contributed by atoms with Crippen molar-refractivity contribution in [3.63, 3.8) is 0 Å². The summed E-state index contributed by atoms with van der Waals surface area (Å²) in [4.78, 5) is 15.6. The maximum Gasteiger partial charge on any atom is 0.230 e. The summed E-state index contributed by atoms with van der Waals surface area (Å²) in [7, 11) is 0. The number of rotatable bonds is 5. The number of amidine groups is 1. The molecular formula is C11H15ClN4OS. The van der Waals surface area contributed by atoms with Crippen LogP contribution < -0.4 is 11.1 Å². The number of carbonyl (C=O) groups is 1. The molecule has 0 saturated heterocycles. The van der Waals surface area contributed by atoms with E-state index in [0.717, 1.165) is 0 Å². The number of nitrogens with zero attached hydrogens (tertiary/aromatic N) is 1. The molecule has 1 heterocycles. The number of hydrogen-bond donors (Lipinski definition) is 3. The average Bonchev–Trinajstić information content (AvgIpc) is 2.26. The van der Waals surface area contributed by atoms with Crippen molar-refractivity contribution in [2.45, 2.75) is 24.9 Å². The molecule has 0 aromatic carbocycles. The molecule has 7 heteroatoms. The van der Waals surface area contributed by atoms with Gasteiger partial charge in [-0.05, 0) is 19.9 Å². The maximum absolute atomic E-state index is 11.5. The van der Waals surface area contributed by atoms with Gasteiger partial charge in [0, 0.05) is 17.8 Å². The van der Waals surface area contributed by atoms with Crippen LogP contribution in [0, 0.1) is 5.41 Å². The molecule has 1 aromatic heterocycles. The van der Waals surface area contributed by atoms with Crippen LogP contribution in [0.1, 0.15) is 19.4 Å². The van der Waals surface area contributed by atoms with Crippen molar-refractivity contribution in [3.05, 3.63) is 22.8 Å². The van der Waals surface area contributed by atoms with E-state index in [-0.39, 0.29) is 23.5 Å². The van der Waals surface area contributed by atoms with E-state index >= 15 is 0 Å². The molecule has 0 fully saturated rings. The summed E-state index contributed by atoms with van der Waals surface area (Å²) in [6.45, 7) is 3.79. The van der Waals surface area contributed by atoms with Crippen molar-refractivity contribution < 1.29 is 4.79 Å². The number of hydrogen-bond acceptors (Lipinski definition) is 4. The molecule has 5 nitrogen and oxygen atoms in total. The molecule has 0 bridgehead atoms. The van der Waals surface area contributed by atoms with Gasteiger partial charge in [0.2, 0.25) is 5.91 Å². The van der Waals surface area contributed by atoms with Gasteiger partial charge in [0.1, 0.15) is 10.9 Å². The van der Waals surface area contributed by atoms with Crippen LogP contribution in [0.15, 0.2) is 17.3 Å². The fraction of sp³-hybridized carbons (Fsp3) is 0.364. The van der Waals surface area contributed by atoms with Gasteiger partial charge in [-0.2, -0.15) is 0 Å². The topological polar surface area (TPSA) is 91.9 Å². The van der Waals surface area contributed by atoms with Crippen LogP contribution in [0.3, 0.4) is 0 Å². The van der Waals surface area contributed by atoms with E-state index in [9.17, 15) is 4.79 Å². The van der Waals surface area contributed by atoms with Gasteiger partial charge in [0.05, 0.1) is 10.8 Å². The number of nitrogen functional groups attached to an aromatic ring is 1. The van der Waals surface area contributed by atoms with Crippen molar-refractivity contribution in [2.75, 3.05) is 5.75 Å². The second-order valence-corrected chi connectivity index (χ2v) is 5.24. The monoisotopic (exact) mass is 286 g/mol. The average molecular weight is 287 g/mol. The van der Waals surface area contributed by atoms with Crippen molar-refractivity contribution in [1.82, 2.24) is 10.3 Å². The Bertz CT molecular complexity index is 464. The highest BCUT2D eigenvalue weighted by atomic mass is 35.5. The molecule has 4 N–H and O–H groups in total. The largest absolute Gasteiger partial charge is 0.384 e. The summed E-state index contributed by atoms with van der Waals surface area (Å²) in [5, 5.41) is 10.9. The predicted molar refractivity (Wildman–Crippen MR) is 74.3 cm³/mol. The van der Waals surface area contributed by atoms with Gasteiger partial charge in [0.15, 0.2) is 0 Å². The van der Waals surface area contributed by atoms with E-state index in [1.807, 2.05) is 13.8 Å². The molecule has 0 atom stereocenters. The lowest BCUT2D eigenvalue weighted by Gasteiger charge is -2.09. The van der Waals surface area contributed by atoms with E-state index in [2.05, 4.69) is 10.3 Å². The van der Waals surface area contributed by atoms with Crippen molar-refractivity contribution in [2.24, 2.45) is 5.73 Å². The van der Waals surface area contributed by atoms with Crippen LogP contribution in [0.4, 0.5) is 0 Å². The molecule has 0 unspecified atom stereocenters. The number of amides is 1. The lowest BCUT2D eigenvalue weighted by Crippen LogP contribution is -2.31. The Labute approximate surface area is 115 Å². The molecule has 0 aliphatic rings. The van der Waals surface area contributed by atoms with Gasteiger partial charge in [-0.15, -0.1) is 0 Å². The highest BCUT2D eigenvalue weighted by molar-refractivity contribution is 8.00. The number of thioether (sulfide) groups is 1. The Hall–Kier alpha value is -1.27. The Morgan fingerprint density at radius 1 is 1.67 bits per heavy atom. The number of aromatic nitrogens is 1. The van der Waals surface area contributed by atoms with E-state index in [4.69, 9.17) is 22.7 Å². The zero-order valence-corrected chi connectivity index (χ0v) is 11.7. The number of carbonyl (C=O) groups excluding carboxylic acids is 1. The van der Waals surface area contributed by atoms with E-state index in [0.29, 0.717) is 15.6 Å². The van der Waals surface area contributed by atoms with Gasteiger partial charge in [0.25, 0.3) is 0 Å². The molecule has 1 amide bonds. The van der Waals surface area contributed by atoms with Gasteiger partial charge in [-0.3, -0.25) is 10.2 Å². The van der Waals surface area contributed by atoms with Gasteiger partial charge >= 0.3 is 0 Å². The van der Waals surface area contributed by atoms with E-state index < -0.39 is 0 Å². The number of nitrogens with one attached hydrogen (secondary N) is 2. The number of pyridine rings is 1. The van der Waals surface area contributed by atoms with Gasteiger partial charge in [-0.25, -0.2) is 4.98 Å². The first-order valence-corrected chi connectivity index (χ1v) is 6.69. The minimum Gasteiger partial charge on any atom is -0.384 e. The third-order valence-electron chi connectivity index (χ3n) is 1.94. The van der Waals surface area contributed by atoms with Gasteiger partial charge in [-0.1, -0.05) is 23.4 Å². The summed E-state index contributed by atoms with van der Waals surface area (Å²) in [6, 6.07) is 1.67. The SMILES string of the molecule is CC(C)NC(=O)CSc1nccc(C(=N)N)c1Cl. The molecule has 1 aromatic rings. The molecule has 0 aliphatic carbocycles. The second kappa shape index (κ2) is 6.61. The molecule has 0 radical (unpaired) electrons. The van der Waals surface area contributed by atoms with E-state index in [1.54, 1.807) is 6.07 Å². The molecule has 0 saturated carbocycles. The molecule has 18 heavy (non-hydrogen) atoms. The fourth-order valence-electron chi connectivity index (χ4n) is 1.23. The molecular weight excluding hydrogens is 272 g/mol. The third-order valence-corrected chi connectivity index (χ3v) is 3.42. The predicted octanol–water partition coefficient (Wildman–Crippen LogP) is 1.64. The van der Waals surface area contributed by atoms with Crippen LogP contribution in [0.2, 0.25) is 5.02 Å². The Morgan fingerprint density at radius 2 is 2.33 bits per heavy atom. The quantitative estimate of drug-likeness (QED) is 0.436. The maximum atomic E-state index is 11.5. The lowest BCUT2D eigenvalue weighted by molar-refractivity contribution is -0.119. The molecule has 98 valence electrons. The molecule has 0 aliphatic heterocycles. The normalized spacial score (nSPS) is 10.4. The van der Waals surface area contributed by atoms with E-state index in [1.165, 1.54) is 18.0 Å². The van der Waals surface area contributed by atoms with Crippen LogP contribution >= 0.6 is 23.4 Å². The Balaban J connectivity index is 2.71. The number of nitrogens with two attached hydrogens (primary N) is 1. The summed E-state index contributed by atoms with van der Waals surface area (Å²) in [6.07, 6.45) is 1.52. The second-order valence-electron chi connectivity index (χ2n) is 3.90. The van der Waals surface area contributed by atoms with Crippen molar-refractivity contribution in [3.8, 4) is 0 Å². The summed E-state index contributed by atoms with van der Waals surface area (Å²) < 4.78 is 0. The Kier molecular flexibility index (Phi) is 5.43. The lowest BCUT2D eigenvalue weighted by atomic mass is 10.2. The highest BCUT2D eigenvalue weighted by Crippen LogP contribution is 2.27. The minimum atomic E-state index is -0.115. The Morgan fingerprint density at radius 3 is 2.89 bits per heavy atom. The highest BCUT2D eigenvalue weighted by Gasteiger charge is 2.12. The summed E-state index contributed by atoms with van der Waals surface area (Å²) in [5.41, 5.74) is 5.82. The minimum absolute atomic E-state index is 0.0823. The third kappa shape index (κ3) is 4.19. The van der Waals surface area contributed by atoms with Crippen LogP contribution in [0.5, 0.6) is 0 Å².